The van der Waals surface area contributed by atoms with E-state index in [1.165, 1.54) is 0 Å². The van der Waals surface area contributed by atoms with Crippen molar-refractivity contribution < 1.29 is 4.79 Å². The third-order valence-corrected chi connectivity index (χ3v) is 2.63. The number of hydrogen-bond donors (Lipinski definition) is 2. The lowest BCUT2D eigenvalue weighted by atomic mass is 10.2. The van der Waals surface area contributed by atoms with Gasteiger partial charge >= 0.3 is 0 Å². The summed E-state index contributed by atoms with van der Waals surface area (Å²) in [4.78, 5) is 11.8. The van der Waals surface area contributed by atoms with Gasteiger partial charge in [0.15, 0.2) is 0 Å². The Morgan fingerprint density at radius 3 is 2.94 bits per heavy atom. The van der Waals surface area contributed by atoms with Gasteiger partial charge in [-0.1, -0.05) is 0 Å². The normalized spacial score (nSPS) is 19.2. The van der Waals surface area contributed by atoms with Gasteiger partial charge in [-0.3, -0.25) is 9.48 Å². The van der Waals surface area contributed by atoms with Crippen LogP contribution in [0.3, 0.4) is 0 Å². The van der Waals surface area contributed by atoms with Crippen LogP contribution in [-0.2, 0) is 7.05 Å². The summed E-state index contributed by atoms with van der Waals surface area (Å²) in [6, 6.07) is 2.06. The van der Waals surface area contributed by atoms with Gasteiger partial charge in [-0.2, -0.15) is 5.10 Å². The van der Waals surface area contributed by atoms with Gasteiger partial charge in [-0.25, -0.2) is 0 Å². The number of aromatic nitrogens is 2. The summed E-state index contributed by atoms with van der Waals surface area (Å²) >= 11 is 0. The van der Waals surface area contributed by atoms with E-state index in [4.69, 9.17) is 0 Å². The quantitative estimate of drug-likeness (QED) is 0.784. The Kier molecular flexibility index (Phi) is 4.32. The van der Waals surface area contributed by atoms with E-state index in [1.807, 2.05) is 6.92 Å². The minimum Gasteiger partial charge on any atom is -0.347 e. The maximum atomic E-state index is 11.8. The standard InChI is InChI=1S/C10H16N4O.ClH/c1-7-5-9(14(2)13-7)10(15)12-8-3-4-11-6-8;/h5,8,11H,3-4,6H2,1-2H3,(H,12,15);1H. The summed E-state index contributed by atoms with van der Waals surface area (Å²) in [5, 5.41) is 10.3. The Morgan fingerprint density at radius 2 is 2.44 bits per heavy atom. The number of nitrogens with zero attached hydrogens (tertiary/aromatic N) is 2. The average molecular weight is 245 g/mol. The fourth-order valence-corrected chi connectivity index (χ4v) is 1.86. The molecular weight excluding hydrogens is 228 g/mol. The molecule has 1 saturated heterocycles. The van der Waals surface area contributed by atoms with Crippen molar-refractivity contribution in [2.75, 3.05) is 13.1 Å². The molecule has 0 bridgehead atoms. The summed E-state index contributed by atoms with van der Waals surface area (Å²) in [6.45, 7) is 3.73. The molecule has 1 atom stereocenters. The number of amides is 1. The second-order valence-corrected chi connectivity index (χ2v) is 3.96. The number of rotatable bonds is 2. The van der Waals surface area contributed by atoms with Crippen LogP contribution in [0.4, 0.5) is 0 Å². The van der Waals surface area contributed by atoms with Crippen molar-refractivity contribution in [3.05, 3.63) is 17.5 Å². The van der Waals surface area contributed by atoms with Crippen LogP contribution in [0.5, 0.6) is 0 Å². The zero-order valence-corrected chi connectivity index (χ0v) is 10.3. The zero-order chi connectivity index (χ0) is 10.8. The summed E-state index contributed by atoms with van der Waals surface area (Å²) < 4.78 is 1.62. The summed E-state index contributed by atoms with van der Waals surface area (Å²) in [7, 11) is 1.79. The Labute approximate surface area is 101 Å². The molecule has 1 aliphatic heterocycles. The number of nitrogens with one attached hydrogen (secondary N) is 2. The molecule has 0 saturated carbocycles. The predicted molar refractivity (Wildman–Crippen MR) is 63.9 cm³/mol. The third kappa shape index (κ3) is 2.74. The van der Waals surface area contributed by atoms with Crippen LogP contribution in [0.15, 0.2) is 6.07 Å². The second kappa shape index (κ2) is 5.32. The second-order valence-electron chi connectivity index (χ2n) is 3.96. The lowest BCUT2D eigenvalue weighted by Gasteiger charge is -2.10. The molecule has 1 aromatic rings. The van der Waals surface area contributed by atoms with Crippen molar-refractivity contribution in [1.82, 2.24) is 20.4 Å². The third-order valence-electron chi connectivity index (χ3n) is 2.63. The molecule has 6 heteroatoms. The van der Waals surface area contributed by atoms with Crippen LogP contribution < -0.4 is 10.6 Å². The lowest BCUT2D eigenvalue weighted by Crippen LogP contribution is -2.37. The van der Waals surface area contributed by atoms with Crippen LogP contribution in [0.25, 0.3) is 0 Å². The first-order valence-corrected chi connectivity index (χ1v) is 5.19. The highest BCUT2D eigenvalue weighted by molar-refractivity contribution is 5.92. The molecule has 90 valence electrons. The minimum absolute atomic E-state index is 0. The number of carbonyl (C=O) groups is 1. The SMILES string of the molecule is Cc1cc(C(=O)NC2CCNC2)n(C)n1.Cl. The molecule has 0 aromatic carbocycles. The predicted octanol–water partition coefficient (Wildman–Crippen LogP) is 0.242. The fraction of sp³-hybridized carbons (Fsp3) is 0.600. The molecular formula is C10H17ClN4O. The Morgan fingerprint density at radius 1 is 1.69 bits per heavy atom. The van der Waals surface area contributed by atoms with E-state index < -0.39 is 0 Å². The van der Waals surface area contributed by atoms with Crippen LogP contribution >= 0.6 is 12.4 Å². The Balaban J connectivity index is 0.00000128. The monoisotopic (exact) mass is 244 g/mol. The minimum atomic E-state index is -0.0354. The summed E-state index contributed by atoms with van der Waals surface area (Å²) in [6.07, 6.45) is 1.00. The van der Waals surface area contributed by atoms with E-state index in [-0.39, 0.29) is 24.4 Å². The number of carbonyl (C=O) groups excluding carboxylic acids is 1. The molecule has 0 radical (unpaired) electrons. The lowest BCUT2D eigenvalue weighted by molar-refractivity contribution is 0.0930. The first kappa shape index (κ1) is 13.0. The van der Waals surface area contributed by atoms with Crippen LogP contribution in [-0.4, -0.2) is 34.8 Å². The first-order valence-electron chi connectivity index (χ1n) is 5.19. The van der Waals surface area contributed by atoms with Gasteiger partial charge in [-0.05, 0) is 26.0 Å². The highest BCUT2D eigenvalue weighted by Gasteiger charge is 2.19. The molecule has 1 unspecified atom stereocenters. The van der Waals surface area contributed by atoms with Crippen molar-refractivity contribution in [3.63, 3.8) is 0 Å². The molecule has 0 aliphatic carbocycles. The number of hydrogen-bond acceptors (Lipinski definition) is 3. The van der Waals surface area contributed by atoms with Gasteiger partial charge in [0, 0.05) is 19.6 Å². The van der Waals surface area contributed by atoms with E-state index in [9.17, 15) is 4.79 Å². The smallest absolute Gasteiger partial charge is 0.269 e. The van der Waals surface area contributed by atoms with Gasteiger partial charge < -0.3 is 10.6 Å². The van der Waals surface area contributed by atoms with Crippen molar-refractivity contribution in [3.8, 4) is 0 Å². The first-order chi connectivity index (χ1) is 7.16. The Bertz CT molecular complexity index is 371. The summed E-state index contributed by atoms with van der Waals surface area (Å²) in [5.41, 5.74) is 1.49. The van der Waals surface area contributed by atoms with Gasteiger partial charge in [0.05, 0.1) is 5.69 Å². The van der Waals surface area contributed by atoms with Crippen molar-refractivity contribution >= 4 is 18.3 Å². The average Bonchev–Trinajstić information content (AvgIpc) is 2.75. The van der Waals surface area contributed by atoms with Crippen molar-refractivity contribution in [2.45, 2.75) is 19.4 Å². The molecule has 2 rings (SSSR count). The molecule has 2 N–H and O–H groups in total. The summed E-state index contributed by atoms with van der Waals surface area (Å²) in [5.74, 6) is -0.0354. The maximum absolute atomic E-state index is 11.8. The van der Waals surface area contributed by atoms with Gasteiger partial charge in [-0.15, -0.1) is 12.4 Å². The topological polar surface area (TPSA) is 59.0 Å². The van der Waals surface area contributed by atoms with E-state index in [1.54, 1.807) is 17.8 Å². The molecule has 1 fully saturated rings. The van der Waals surface area contributed by atoms with Crippen molar-refractivity contribution in [2.24, 2.45) is 7.05 Å². The zero-order valence-electron chi connectivity index (χ0n) is 9.49. The highest BCUT2D eigenvalue weighted by Crippen LogP contribution is 2.04. The molecule has 1 amide bonds. The Hall–Kier alpha value is -1.07. The maximum Gasteiger partial charge on any atom is 0.269 e. The van der Waals surface area contributed by atoms with E-state index in [0.717, 1.165) is 25.2 Å². The van der Waals surface area contributed by atoms with E-state index >= 15 is 0 Å². The van der Waals surface area contributed by atoms with Gasteiger partial charge in [0.1, 0.15) is 5.69 Å². The molecule has 2 heterocycles. The molecule has 0 spiro atoms. The van der Waals surface area contributed by atoms with Crippen LogP contribution in [0.2, 0.25) is 0 Å². The number of aryl methyl sites for hydroxylation is 2. The van der Waals surface area contributed by atoms with Crippen LogP contribution in [0.1, 0.15) is 22.6 Å². The fourth-order valence-electron chi connectivity index (χ4n) is 1.86. The van der Waals surface area contributed by atoms with Crippen molar-refractivity contribution in [1.29, 1.82) is 0 Å². The molecule has 16 heavy (non-hydrogen) atoms. The van der Waals surface area contributed by atoms with Crippen LogP contribution in [0, 0.1) is 6.92 Å². The molecule has 1 aliphatic rings. The van der Waals surface area contributed by atoms with Gasteiger partial charge in [0.2, 0.25) is 0 Å². The largest absolute Gasteiger partial charge is 0.347 e. The van der Waals surface area contributed by atoms with E-state index in [0.29, 0.717) is 5.69 Å². The van der Waals surface area contributed by atoms with E-state index in [2.05, 4.69) is 15.7 Å². The number of halogens is 1. The molecule has 5 nitrogen and oxygen atoms in total. The highest BCUT2D eigenvalue weighted by atomic mass is 35.5. The molecule has 1 aromatic heterocycles. The van der Waals surface area contributed by atoms with Gasteiger partial charge in [0.25, 0.3) is 5.91 Å².